The molecule has 1 rings (SSSR count). The van der Waals surface area contributed by atoms with Gasteiger partial charge in [-0.1, -0.05) is 5.92 Å². The van der Waals surface area contributed by atoms with E-state index >= 15 is 0 Å². The molecule has 0 aliphatic rings. The van der Waals surface area contributed by atoms with Crippen LogP contribution in [0.15, 0.2) is 24.5 Å². The van der Waals surface area contributed by atoms with Crippen molar-refractivity contribution in [3.63, 3.8) is 0 Å². The summed E-state index contributed by atoms with van der Waals surface area (Å²) in [4.78, 5) is 3.80. The molecule has 0 spiro atoms. The normalized spacial score (nSPS) is 7.88. The Labute approximate surface area is 48.4 Å². The number of hydrogen-bond donors (Lipinski definition) is 0. The van der Waals surface area contributed by atoms with Crippen LogP contribution in [0.5, 0.6) is 0 Å². The topological polar surface area (TPSA) is 12.9 Å². The van der Waals surface area contributed by atoms with Gasteiger partial charge in [-0.05, 0) is 12.1 Å². The average Bonchev–Trinajstić information content (AvgIpc) is 1.90. The molecule has 0 bridgehead atoms. The molecule has 0 saturated heterocycles. The van der Waals surface area contributed by atoms with E-state index in [9.17, 15) is 0 Å². The van der Waals surface area contributed by atoms with Gasteiger partial charge in [0.1, 0.15) is 0 Å². The quantitative estimate of drug-likeness (QED) is 0.447. The molecular formula is C7H5N. The van der Waals surface area contributed by atoms with E-state index in [2.05, 4.69) is 10.9 Å². The summed E-state index contributed by atoms with van der Waals surface area (Å²) in [5, 5.41) is 0. The van der Waals surface area contributed by atoms with Gasteiger partial charge in [-0.25, -0.2) is 0 Å². The SMILES string of the molecule is C#Cc1ccncc1. The molecule has 0 radical (unpaired) electrons. The van der Waals surface area contributed by atoms with Gasteiger partial charge in [0.2, 0.25) is 0 Å². The lowest BCUT2D eigenvalue weighted by Gasteiger charge is -1.82. The van der Waals surface area contributed by atoms with Gasteiger partial charge in [0.25, 0.3) is 0 Å². The van der Waals surface area contributed by atoms with Crippen molar-refractivity contribution in [2.45, 2.75) is 0 Å². The van der Waals surface area contributed by atoms with Gasteiger partial charge < -0.3 is 0 Å². The van der Waals surface area contributed by atoms with Gasteiger partial charge in [0, 0.05) is 18.0 Å². The number of hydrogen-bond acceptors (Lipinski definition) is 1. The summed E-state index contributed by atoms with van der Waals surface area (Å²) < 4.78 is 0. The second-order valence-corrected chi connectivity index (χ2v) is 1.38. The number of pyridine rings is 1. The first-order chi connectivity index (χ1) is 3.93. The van der Waals surface area contributed by atoms with Crippen LogP contribution in [0.2, 0.25) is 0 Å². The Morgan fingerprint density at radius 3 is 2.38 bits per heavy atom. The molecule has 0 aliphatic heterocycles. The zero-order chi connectivity index (χ0) is 5.82. The molecule has 0 amide bonds. The van der Waals surface area contributed by atoms with Gasteiger partial charge in [-0.2, -0.15) is 0 Å². The molecule has 0 fully saturated rings. The highest BCUT2D eigenvalue weighted by molar-refractivity contribution is 5.28. The summed E-state index contributed by atoms with van der Waals surface area (Å²) in [5.41, 5.74) is 0.875. The highest BCUT2D eigenvalue weighted by atomic mass is 14.6. The summed E-state index contributed by atoms with van der Waals surface area (Å²) in [7, 11) is 0. The molecule has 0 N–H and O–H groups in total. The van der Waals surface area contributed by atoms with E-state index in [1.807, 2.05) is 0 Å². The predicted molar refractivity (Wildman–Crippen MR) is 32.2 cm³/mol. The Bertz CT molecular complexity index is 195. The third-order valence-corrected chi connectivity index (χ3v) is 0.847. The smallest absolute Gasteiger partial charge is 0.0280 e. The molecule has 1 heterocycles. The Balaban J connectivity index is 3.05. The molecule has 1 heteroatoms. The van der Waals surface area contributed by atoms with Crippen molar-refractivity contribution in [2.24, 2.45) is 0 Å². The third kappa shape index (κ3) is 0.855. The lowest BCUT2D eigenvalue weighted by Crippen LogP contribution is -1.71. The minimum Gasteiger partial charge on any atom is -0.265 e. The Morgan fingerprint density at radius 1 is 1.38 bits per heavy atom. The van der Waals surface area contributed by atoms with Crippen molar-refractivity contribution in [2.75, 3.05) is 0 Å². The first kappa shape index (κ1) is 4.86. The zero-order valence-electron chi connectivity index (χ0n) is 4.33. The van der Waals surface area contributed by atoms with Gasteiger partial charge in [0.05, 0.1) is 0 Å². The van der Waals surface area contributed by atoms with Crippen LogP contribution in [0.3, 0.4) is 0 Å². The fourth-order valence-corrected chi connectivity index (χ4v) is 0.448. The van der Waals surface area contributed by atoms with Crippen LogP contribution in [-0.2, 0) is 0 Å². The second kappa shape index (κ2) is 2.13. The molecule has 0 unspecified atom stereocenters. The number of nitrogens with zero attached hydrogens (tertiary/aromatic N) is 1. The maximum atomic E-state index is 5.07. The average molecular weight is 103 g/mol. The first-order valence-corrected chi connectivity index (χ1v) is 2.30. The van der Waals surface area contributed by atoms with Crippen molar-refractivity contribution in [1.82, 2.24) is 4.98 Å². The number of aromatic nitrogens is 1. The summed E-state index contributed by atoms with van der Waals surface area (Å²) in [5.74, 6) is 2.49. The van der Waals surface area contributed by atoms with Crippen molar-refractivity contribution in [3.05, 3.63) is 30.1 Å². The minimum absolute atomic E-state index is 0.875. The molecule has 0 aliphatic carbocycles. The van der Waals surface area contributed by atoms with Crippen molar-refractivity contribution >= 4 is 0 Å². The van der Waals surface area contributed by atoms with Crippen LogP contribution in [-0.4, -0.2) is 4.98 Å². The standard InChI is InChI=1S/C7H5N/c1-2-7-3-5-8-6-4-7/h1,3-6H. The Hall–Kier alpha value is -1.29. The van der Waals surface area contributed by atoms with Crippen LogP contribution in [0.1, 0.15) is 5.56 Å². The van der Waals surface area contributed by atoms with E-state index in [0.29, 0.717) is 0 Å². The fourth-order valence-electron chi connectivity index (χ4n) is 0.448. The monoisotopic (exact) mass is 103 g/mol. The van der Waals surface area contributed by atoms with Crippen LogP contribution < -0.4 is 0 Å². The molecule has 0 atom stereocenters. The molecule has 1 aromatic rings. The molecule has 0 aromatic carbocycles. The third-order valence-electron chi connectivity index (χ3n) is 0.847. The number of rotatable bonds is 0. The lowest BCUT2D eigenvalue weighted by molar-refractivity contribution is 1.32. The lowest BCUT2D eigenvalue weighted by atomic mass is 10.3. The highest BCUT2D eigenvalue weighted by Crippen LogP contribution is 1.89. The Kier molecular flexibility index (Phi) is 1.29. The zero-order valence-corrected chi connectivity index (χ0v) is 4.33. The van der Waals surface area contributed by atoms with Crippen molar-refractivity contribution in [1.29, 1.82) is 0 Å². The molecule has 0 saturated carbocycles. The van der Waals surface area contributed by atoms with Crippen LogP contribution in [0, 0.1) is 12.3 Å². The van der Waals surface area contributed by atoms with Gasteiger partial charge in [0.15, 0.2) is 0 Å². The van der Waals surface area contributed by atoms with E-state index < -0.39 is 0 Å². The van der Waals surface area contributed by atoms with Gasteiger partial charge >= 0.3 is 0 Å². The predicted octanol–water partition coefficient (Wildman–Crippen LogP) is 1.06. The van der Waals surface area contributed by atoms with E-state index in [1.54, 1.807) is 24.5 Å². The van der Waals surface area contributed by atoms with Crippen LogP contribution in [0.4, 0.5) is 0 Å². The second-order valence-electron chi connectivity index (χ2n) is 1.38. The maximum absolute atomic E-state index is 5.07. The van der Waals surface area contributed by atoms with E-state index in [1.165, 1.54) is 0 Å². The molecule has 38 valence electrons. The molecule has 1 nitrogen and oxygen atoms in total. The Morgan fingerprint density at radius 2 is 2.00 bits per heavy atom. The van der Waals surface area contributed by atoms with Crippen LogP contribution in [0.25, 0.3) is 0 Å². The summed E-state index contributed by atoms with van der Waals surface area (Å²) in [6.45, 7) is 0. The van der Waals surface area contributed by atoms with E-state index in [0.717, 1.165) is 5.56 Å². The van der Waals surface area contributed by atoms with Crippen LogP contribution >= 0.6 is 0 Å². The fraction of sp³-hybridized carbons (Fsp3) is 0. The molecular weight excluding hydrogens is 98.1 g/mol. The van der Waals surface area contributed by atoms with E-state index in [-0.39, 0.29) is 0 Å². The largest absolute Gasteiger partial charge is 0.265 e. The van der Waals surface area contributed by atoms with E-state index in [4.69, 9.17) is 6.42 Å². The van der Waals surface area contributed by atoms with Gasteiger partial charge in [-0.3, -0.25) is 4.98 Å². The summed E-state index contributed by atoms with van der Waals surface area (Å²) in [6, 6.07) is 3.58. The summed E-state index contributed by atoms with van der Waals surface area (Å²) in [6.07, 6.45) is 8.42. The van der Waals surface area contributed by atoms with Crippen molar-refractivity contribution in [3.8, 4) is 12.3 Å². The first-order valence-electron chi connectivity index (χ1n) is 2.30. The summed E-state index contributed by atoms with van der Waals surface area (Å²) >= 11 is 0. The molecule has 1 aromatic heterocycles. The number of terminal acetylenes is 1. The van der Waals surface area contributed by atoms with Crippen molar-refractivity contribution < 1.29 is 0 Å². The highest BCUT2D eigenvalue weighted by Gasteiger charge is 1.77. The maximum Gasteiger partial charge on any atom is 0.0280 e. The molecule has 8 heavy (non-hydrogen) atoms. The minimum atomic E-state index is 0.875. The van der Waals surface area contributed by atoms with Gasteiger partial charge in [-0.15, -0.1) is 6.42 Å².